The summed E-state index contributed by atoms with van der Waals surface area (Å²) in [6.45, 7) is 0.564. The van der Waals surface area contributed by atoms with E-state index in [1.807, 2.05) is 0 Å². The van der Waals surface area contributed by atoms with E-state index >= 15 is 0 Å². The van der Waals surface area contributed by atoms with Gasteiger partial charge in [-0.15, -0.1) is 0 Å². The summed E-state index contributed by atoms with van der Waals surface area (Å²) in [5, 5.41) is 2.36. The van der Waals surface area contributed by atoms with Crippen LogP contribution in [0.25, 0.3) is 0 Å². The molecule has 0 atom stereocenters. The molecule has 0 saturated carbocycles. The Morgan fingerprint density at radius 3 is 2.45 bits per heavy atom. The van der Waals surface area contributed by atoms with Gasteiger partial charge in [0.15, 0.2) is 0 Å². The van der Waals surface area contributed by atoms with Crippen molar-refractivity contribution in [2.24, 2.45) is 5.92 Å². The molecule has 110 valence electrons. The predicted molar refractivity (Wildman–Crippen MR) is 66.4 cm³/mol. The smallest absolute Gasteiger partial charge is 0.325 e. The van der Waals surface area contributed by atoms with Gasteiger partial charge < -0.3 is 15.0 Å². The predicted octanol–water partition coefficient (Wildman–Crippen LogP) is -1.05. The number of imide groups is 1. The van der Waals surface area contributed by atoms with Crippen LogP contribution in [-0.2, 0) is 19.1 Å². The lowest BCUT2D eigenvalue weighted by molar-refractivity contribution is -0.149. The summed E-state index contributed by atoms with van der Waals surface area (Å²) in [5.41, 5.74) is 0. The van der Waals surface area contributed by atoms with Gasteiger partial charge in [-0.3, -0.25) is 19.3 Å². The quantitative estimate of drug-likeness (QED) is 0.526. The van der Waals surface area contributed by atoms with Gasteiger partial charge >= 0.3 is 12.0 Å². The Kier molecular flexibility index (Phi) is 4.21. The monoisotopic (exact) mass is 283 g/mol. The van der Waals surface area contributed by atoms with E-state index in [1.165, 1.54) is 7.11 Å². The first-order valence-electron chi connectivity index (χ1n) is 6.46. The number of likely N-dealkylation sites (tertiary alicyclic amines) is 1. The van der Waals surface area contributed by atoms with Gasteiger partial charge in [0.2, 0.25) is 5.91 Å². The van der Waals surface area contributed by atoms with Gasteiger partial charge in [-0.25, -0.2) is 4.79 Å². The van der Waals surface area contributed by atoms with Gasteiger partial charge in [0.25, 0.3) is 5.91 Å². The number of hydrogen-bond acceptors (Lipinski definition) is 5. The van der Waals surface area contributed by atoms with Gasteiger partial charge in [0.05, 0.1) is 19.6 Å². The highest BCUT2D eigenvalue weighted by atomic mass is 16.5. The molecule has 0 aromatic rings. The standard InChI is InChI=1S/C12H17N3O5/c1-20-11(18)8-2-4-14(5-3-8)10(17)7-15-9(16)6-13-12(15)19/h8H,2-7H2,1H3,(H,13,19). The maximum absolute atomic E-state index is 12.0. The molecule has 8 heteroatoms. The molecule has 0 bridgehead atoms. The second-order valence-electron chi connectivity index (χ2n) is 4.82. The third kappa shape index (κ3) is 2.89. The number of esters is 1. The molecular formula is C12H17N3O5. The Bertz CT molecular complexity index is 426. The fourth-order valence-corrected chi connectivity index (χ4v) is 2.38. The zero-order valence-corrected chi connectivity index (χ0v) is 11.3. The maximum Gasteiger partial charge on any atom is 0.325 e. The number of amides is 4. The van der Waals surface area contributed by atoms with E-state index in [0.717, 1.165) is 4.90 Å². The van der Waals surface area contributed by atoms with Crippen LogP contribution in [-0.4, -0.2) is 66.9 Å². The average Bonchev–Trinajstić information content (AvgIpc) is 2.78. The van der Waals surface area contributed by atoms with Gasteiger partial charge in [0.1, 0.15) is 6.54 Å². The van der Waals surface area contributed by atoms with Crippen molar-refractivity contribution < 1.29 is 23.9 Å². The van der Waals surface area contributed by atoms with Gasteiger partial charge in [-0.2, -0.15) is 0 Å². The number of methoxy groups -OCH3 is 1. The lowest BCUT2D eigenvalue weighted by Gasteiger charge is -2.31. The summed E-state index contributed by atoms with van der Waals surface area (Å²) in [5.74, 6) is -1.11. The Morgan fingerprint density at radius 2 is 1.95 bits per heavy atom. The van der Waals surface area contributed by atoms with Crippen molar-refractivity contribution in [3.63, 3.8) is 0 Å². The molecule has 0 spiro atoms. The summed E-state index contributed by atoms with van der Waals surface area (Å²) >= 11 is 0. The van der Waals surface area contributed by atoms with Crippen molar-refractivity contribution in [1.82, 2.24) is 15.1 Å². The van der Waals surface area contributed by atoms with Gasteiger partial charge in [0, 0.05) is 13.1 Å². The molecule has 2 aliphatic heterocycles. The Morgan fingerprint density at radius 1 is 1.30 bits per heavy atom. The summed E-state index contributed by atoms with van der Waals surface area (Å²) < 4.78 is 4.67. The van der Waals surface area contributed by atoms with Crippen LogP contribution in [0.2, 0.25) is 0 Å². The van der Waals surface area contributed by atoms with Crippen molar-refractivity contribution in [1.29, 1.82) is 0 Å². The van der Waals surface area contributed by atoms with Crippen LogP contribution in [0.4, 0.5) is 4.79 Å². The summed E-state index contributed by atoms with van der Waals surface area (Å²) in [4.78, 5) is 48.6. The zero-order valence-electron chi connectivity index (χ0n) is 11.3. The zero-order chi connectivity index (χ0) is 14.7. The molecule has 0 radical (unpaired) electrons. The largest absolute Gasteiger partial charge is 0.469 e. The minimum absolute atomic E-state index is 0.0590. The normalized spacial score (nSPS) is 20.1. The first-order chi connectivity index (χ1) is 9.52. The fraction of sp³-hybridized carbons (Fsp3) is 0.667. The van der Waals surface area contributed by atoms with E-state index in [0.29, 0.717) is 25.9 Å². The second kappa shape index (κ2) is 5.89. The molecule has 0 aliphatic carbocycles. The van der Waals surface area contributed by atoms with Crippen LogP contribution in [0.1, 0.15) is 12.8 Å². The highest BCUT2D eigenvalue weighted by Crippen LogP contribution is 2.18. The maximum atomic E-state index is 12.0. The number of piperidine rings is 1. The van der Waals surface area contributed by atoms with Crippen LogP contribution in [0.15, 0.2) is 0 Å². The molecule has 2 saturated heterocycles. The Hall–Kier alpha value is -2.12. The molecule has 2 heterocycles. The number of ether oxygens (including phenoxy) is 1. The molecule has 1 N–H and O–H groups in total. The van der Waals surface area contributed by atoms with Crippen LogP contribution in [0, 0.1) is 5.92 Å². The van der Waals surface area contributed by atoms with Crippen molar-refractivity contribution in [2.45, 2.75) is 12.8 Å². The van der Waals surface area contributed by atoms with E-state index in [4.69, 9.17) is 0 Å². The molecule has 2 aliphatic rings. The van der Waals surface area contributed by atoms with Gasteiger partial charge in [-0.1, -0.05) is 0 Å². The third-order valence-electron chi connectivity index (χ3n) is 3.61. The van der Waals surface area contributed by atoms with Crippen LogP contribution >= 0.6 is 0 Å². The number of hydrogen-bond donors (Lipinski definition) is 1. The van der Waals surface area contributed by atoms with Crippen molar-refractivity contribution in [3.8, 4) is 0 Å². The SMILES string of the molecule is COC(=O)C1CCN(C(=O)CN2C(=O)CNC2=O)CC1. The first-order valence-corrected chi connectivity index (χ1v) is 6.46. The number of carbonyl (C=O) groups is 4. The van der Waals surface area contributed by atoms with E-state index in [1.54, 1.807) is 4.90 Å². The second-order valence-corrected chi connectivity index (χ2v) is 4.82. The van der Waals surface area contributed by atoms with E-state index < -0.39 is 11.9 Å². The fourth-order valence-electron chi connectivity index (χ4n) is 2.38. The number of urea groups is 1. The Balaban J connectivity index is 1.84. The highest BCUT2D eigenvalue weighted by molar-refractivity contribution is 6.04. The van der Waals surface area contributed by atoms with Crippen molar-refractivity contribution in [2.75, 3.05) is 33.3 Å². The molecular weight excluding hydrogens is 266 g/mol. The van der Waals surface area contributed by atoms with E-state index in [2.05, 4.69) is 10.1 Å². The lowest BCUT2D eigenvalue weighted by atomic mass is 9.97. The van der Waals surface area contributed by atoms with Crippen LogP contribution < -0.4 is 5.32 Å². The lowest BCUT2D eigenvalue weighted by Crippen LogP contribution is -2.46. The molecule has 0 aromatic heterocycles. The van der Waals surface area contributed by atoms with Crippen LogP contribution in [0.3, 0.4) is 0 Å². The summed E-state index contributed by atoms with van der Waals surface area (Å²) in [6, 6.07) is -0.534. The molecule has 0 aromatic carbocycles. The number of rotatable bonds is 3. The number of nitrogens with zero attached hydrogens (tertiary/aromatic N) is 2. The molecule has 8 nitrogen and oxygen atoms in total. The van der Waals surface area contributed by atoms with E-state index in [9.17, 15) is 19.2 Å². The minimum atomic E-state index is -0.534. The van der Waals surface area contributed by atoms with Gasteiger partial charge in [-0.05, 0) is 12.8 Å². The molecule has 0 unspecified atom stereocenters. The van der Waals surface area contributed by atoms with Crippen molar-refractivity contribution in [3.05, 3.63) is 0 Å². The summed E-state index contributed by atoms with van der Waals surface area (Å²) in [7, 11) is 1.34. The molecule has 2 fully saturated rings. The first kappa shape index (κ1) is 14.3. The minimum Gasteiger partial charge on any atom is -0.469 e. The number of nitrogens with one attached hydrogen (secondary N) is 1. The molecule has 4 amide bonds. The average molecular weight is 283 g/mol. The Labute approximate surface area is 116 Å². The van der Waals surface area contributed by atoms with Crippen molar-refractivity contribution >= 4 is 23.8 Å². The third-order valence-corrected chi connectivity index (χ3v) is 3.61. The molecule has 2 rings (SSSR count). The van der Waals surface area contributed by atoms with E-state index in [-0.39, 0.29) is 30.9 Å². The number of carbonyl (C=O) groups excluding carboxylic acids is 4. The molecule has 20 heavy (non-hydrogen) atoms. The van der Waals surface area contributed by atoms with Crippen LogP contribution in [0.5, 0.6) is 0 Å². The summed E-state index contributed by atoms with van der Waals surface area (Å²) in [6.07, 6.45) is 1.08. The topological polar surface area (TPSA) is 96.0 Å². The highest BCUT2D eigenvalue weighted by Gasteiger charge is 2.33.